The fraction of sp³-hybridized carbons (Fsp3) is 0.273. The zero-order chi connectivity index (χ0) is 11.6. The summed E-state index contributed by atoms with van der Waals surface area (Å²) in [5, 5.41) is 0. The minimum absolute atomic E-state index is 0.181. The molecule has 1 nitrogen and oxygen atoms in total. The highest BCUT2D eigenvalue weighted by atomic mass is 35.5. The van der Waals surface area contributed by atoms with Gasteiger partial charge >= 0.3 is 0 Å². The molecule has 0 N–H and O–H groups in total. The van der Waals surface area contributed by atoms with Gasteiger partial charge in [-0.25, -0.2) is 8.78 Å². The molecule has 0 atom stereocenters. The molecule has 0 fully saturated rings. The van der Waals surface area contributed by atoms with Gasteiger partial charge < -0.3 is 4.90 Å². The molecule has 0 heterocycles. The molecule has 0 aromatic heterocycles. The summed E-state index contributed by atoms with van der Waals surface area (Å²) in [6.45, 7) is 3.71. The van der Waals surface area contributed by atoms with Crippen molar-refractivity contribution in [2.75, 3.05) is 24.9 Å². The van der Waals surface area contributed by atoms with Gasteiger partial charge in [-0.3, -0.25) is 0 Å². The molecule has 0 aliphatic rings. The Kier molecular flexibility index (Phi) is 3.69. The first-order valence-electron chi connectivity index (χ1n) is 4.38. The number of rotatable bonds is 3. The van der Waals surface area contributed by atoms with E-state index in [1.165, 1.54) is 11.0 Å². The second-order valence-electron chi connectivity index (χ2n) is 3.39. The summed E-state index contributed by atoms with van der Waals surface area (Å²) < 4.78 is 26.5. The van der Waals surface area contributed by atoms with Gasteiger partial charge in [-0.1, -0.05) is 6.58 Å². The van der Waals surface area contributed by atoms with Crippen LogP contribution in [0.5, 0.6) is 0 Å². The van der Waals surface area contributed by atoms with E-state index in [2.05, 4.69) is 6.58 Å². The third kappa shape index (κ3) is 2.29. The Hall–Kier alpha value is -1.09. The summed E-state index contributed by atoms with van der Waals surface area (Å²) in [5.41, 5.74) is 1.29. The monoisotopic (exact) mass is 231 g/mol. The molecular formula is C11H12ClF2N. The second kappa shape index (κ2) is 4.62. The highest BCUT2D eigenvalue weighted by molar-refractivity contribution is 6.23. The summed E-state index contributed by atoms with van der Waals surface area (Å²) >= 11 is 5.62. The Morgan fingerprint density at radius 2 is 2.00 bits per heavy atom. The van der Waals surface area contributed by atoms with Crippen LogP contribution < -0.4 is 4.90 Å². The average molecular weight is 232 g/mol. The van der Waals surface area contributed by atoms with E-state index in [1.54, 1.807) is 14.1 Å². The molecule has 82 valence electrons. The molecule has 15 heavy (non-hydrogen) atoms. The Morgan fingerprint density at radius 1 is 1.40 bits per heavy atom. The highest BCUT2D eigenvalue weighted by Gasteiger charge is 2.16. The average Bonchev–Trinajstić information content (AvgIpc) is 2.20. The minimum atomic E-state index is -0.872. The van der Waals surface area contributed by atoms with Gasteiger partial charge in [-0.2, -0.15) is 0 Å². The molecule has 0 bridgehead atoms. The molecule has 1 aromatic rings. The fourth-order valence-electron chi connectivity index (χ4n) is 1.33. The third-order valence-electron chi connectivity index (χ3n) is 2.06. The van der Waals surface area contributed by atoms with E-state index >= 15 is 0 Å². The molecule has 4 heteroatoms. The minimum Gasteiger partial charge on any atom is -0.375 e. The molecule has 0 unspecified atom stereocenters. The van der Waals surface area contributed by atoms with E-state index in [4.69, 9.17) is 11.6 Å². The standard InChI is InChI=1S/C11H12ClF2N/c1-7(6-12)8-4-5-9(13)10(14)11(8)15(2)3/h4-5H,1,6H2,2-3H3. The molecule has 0 amide bonds. The normalized spacial score (nSPS) is 10.2. The van der Waals surface area contributed by atoms with Crippen LogP contribution in [0.3, 0.4) is 0 Å². The molecular weight excluding hydrogens is 220 g/mol. The number of benzene rings is 1. The van der Waals surface area contributed by atoms with Crippen LogP contribution in [-0.2, 0) is 0 Å². The van der Waals surface area contributed by atoms with Crippen molar-refractivity contribution in [2.45, 2.75) is 0 Å². The Labute approximate surface area is 93.0 Å². The van der Waals surface area contributed by atoms with E-state index in [9.17, 15) is 8.78 Å². The Balaban J connectivity index is 3.40. The van der Waals surface area contributed by atoms with Crippen LogP contribution in [0.25, 0.3) is 5.57 Å². The summed E-state index contributed by atoms with van der Waals surface area (Å²) in [7, 11) is 3.28. The van der Waals surface area contributed by atoms with Crippen LogP contribution in [0.15, 0.2) is 18.7 Å². The van der Waals surface area contributed by atoms with Crippen molar-refractivity contribution in [3.8, 4) is 0 Å². The lowest BCUT2D eigenvalue weighted by atomic mass is 10.1. The maximum atomic E-state index is 13.5. The molecule has 1 aromatic carbocycles. The summed E-state index contributed by atoms with van der Waals surface area (Å²) in [6.07, 6.45) is 0. The van der Waals surface area contributed by atoms with Crippen molar-refractivity contribution in [3.05, 3.63) is 35.9 Å². The van der Waals surface area contributed by atoms with E-state index in [0.29, 0.717) is 11.1 Å². The van der Waals surface area contributed by atoms with Crippen LogP contribution in [0.4, 0.5) is 14.5 Å². The lowest BCUT2D eigenvalue weighted by Gasteiger charge is -2.19. The zero-order valence-electron chi connectivity index (χ0n) is 8.65. The smallest absolute Gasteiger partial charge is 0.182 e. The zero-order valence-corrected chi connectivity index (χ0v) is 9.41. The maximum Gasteiger partial charge on any atom is 0.182 e. The predicted molar refractivity (Wildman–Crippen MR) is 60.4 cm³/mol. The van der Waals surface area contributed by atoms with Crippen LogP contribution in [0, 0.1) is 11.6 Å². The maximum absolute atomic E-state index is 13.5. The molecule has 1 rings (SSSR count). The van der Waals surface area contributed by atoms with Crippen LogP contribution in [0.1, 0.15) is 5.56 Å². The van der Waals surface area contributed by atoms with E-state index in [-0.39, 0.29) is 11.6 Å². The van der Waals surface area contributed by atoms with Crippen LogP contribution in [-0.4, -0.2) is 20.0 Å². The second-order valence-corrected chi connectivity index (χ2v) is 3.66. The van der Waals surface area contributed by atoms with Crippen LogP contribution >= 0.6 is 11.6 Å². The van der Waals surface area contributed by atoms with Crippen molar-refractivity contribution in [3.63, 3.8) is 0 Å². The quantitative estimate of drug-likeness (QED) is 0.722. The summed E-state index contributed by atoms with van der Waals surface area (Å²) in [4.78, 5) is 1.51. The number of hydrogen-bond donors (Lipinski definition) is 0. The van der Waals surface area contributed by atoms with Gasteiger partial charge in [0.2, 0.25) is 0 Å². The van der Waals surface area contributed by atoms with Gasteiger partial charge in [0, 0.05) is 25.5 Å². The number of hydrogen-bond acceptors (Lipinski definition) is 1. The lowest BCUT2D eigenvalue weighted by Crippen LogP contribution is -2.14. The molecule has 0 aliphatic heterocycles. The van der Waals surface area contributed by atoms with Gasteiger partial charge in [0.1, 0.15) is 0 Å². The summed E-state index contributed by atoms with van der Waals surface area (Å²) in [5.74, 6) is -1.56. The van der Waals surface area contributed by atoms with Gasteiger partial charge in [0.25, 0.3) is 0 Å². The molecule has 0 saturated heterocycles. The van der Waals surface area contributed by atoms with Gasteiger partial charge in [-0.15, -0.1) is 11.6 Å². The molecule has 0 saturated carbocycles. The predicted octanol–water partition coefficient (Wildman–Crippen LogP) is 3.28. The molecule has 0 radical (unpaired) electrons. The van der Waals surface area contributed by atoms with Crippen LogP contribution in [0.2, 0.25) is 0 Å². The number of nitrogens with zero attached hydrogens (tertiary/aromatic N) is 1. The number of halogens is 3. The first kappa shape index (κ1) is 12.0. The topological polar surface area (TPSA) is 3.24 Å². The van der Waals surface area contributed by atoms with Crippen molar-refractivity contribution in [1.82, 2.24) is 0 Å². The molecule has 0 aliphatic carbocycles. The largest absolute Gasteiger partial charge is 0.375 e. The highest BCUT2D eigenvalue weighted by Crippen LogP contribution is 2.30. The summed E-state index contributed by atoms with van der Waals surface area (Å²) in [6, 6.07) is 2.56. The van der Waals surface area contributed by atoms with Crippen molar-refractivity contribution < 1.29 is 8.78 Å². The number of alkyl halides is 1. The SMILES string of the molecule is C=C(CCl)c1ccc(F)c(F)c1N(C)C. The van der Waals surface area contributed by atoms with E-state index < -0.39 is 11.6 Å². The number of allylic oxidation sites excluding steroid dienone is 1. The van der Waals surface area contributed by atoms with Gasteiger partial charge in [0.05, 0.1) is 5.69 Å². The van der Waals surface area contributed by atoms with Crippen molar-refractivity contribution >= 4 is 22.9 Å². The van der Waals surface area contributed by atoms with Crippen molar-refractivity contribution in [2.24, 2.45) is 0 Å². The molecule has 0 spiro atoms. The third-order valence-corrected chi connectivity index (χ3v) is 2.38. The first-order chi connectivity index (χ1) is 6.99. The van der Waals surface area contributed by atoms with Gasteiger partial charge in [-0.05, 0) is 17.7 Å². The fourth-order valence-corrected chi connectivity index (χ4v) is 1.48. The van der Waals surface area contributed by atoms with Gasteiger partial charge in [0.15, 0.2) is 11.6 Å². The number of anilines is 1. The Morgan fingerprint density at radius 3 is 2.47 bits per heavy atom. The van der Waals surface area contributed by atoms with E-state index in [0.717, 1.165) is 6.07 Å². The van der Waals surface area contributed by atoms with Crippen molar-refractivity contribution in [1.29, 1.82) is 0 Å². The Bertz CT molecular complexity index is 388. The first-order valence-corrected chi connectivity index (χ1v) is 4.92. The lowest BCUT2D eigenvalue weighted by molar-refractivity contribution is 0.508. The van der Waals surface area contributed by atoms with E-state index in [1.807, 2.05) is 0 Å².